The van der Waals surface area contributed by atoms with Crippen LogP contribution in [0, 0.1) is 0 Å². The first-order valence-corrected chi connectivity index (χ1v) is 9.12. The van der Waals surface area contributed by atoms with Gasteiger partial charge in [0.05, 0.1) is 21.9 Å². The lowest BCUT2D eigenvalue weighted by Crippen LogP contribution is -2.29. The van der Waals surface area contributed by atoms with Crippen LogP contribution in [0.1, 0.15) is 18.1 Å². The topological polar surface area (TPSA) is 57.7 Å². The van der Waals surface area contributed by atoms with Gasteiger partial charge in [-0.3, -0.25) is 14.4 Å². The van der Waals surface area contributed by atoms with Gasteiger partial charge < -0.3 is 4.90 Å². The monoisotopic (exact) mass is 364 g/mol. The van der Waals surface area contributed by atoms with Gasteiger partial charge in [-0.15, -0.1) is 0 Å². The zero-order valence-electron chi connectivity index (χ0n) is 14.4. The van der Waals surface area contributed by atoms with E-state index in [1.807, 2.05) is 37.3 Å². The minimum Gasteiger partial charge on any atom is -0.311 e. The Labute approximate surface area is 155 Å². The first-order chi connectivity index (χ1) is 12.5. The van der Waals surface area contributed by atoms with Crippen molar-refractivity contribution in [1.29, 1.82) is 0 Å². The van der Waals surface area contributed by atoms with Crippen molar-refractivity contribution in [2.24, 2.45) is 0 Å². The molecule has 2 heterocycles. The molecule has 1 saturated heterocycles. The van der Waals surface area contributed by atoms with Gasteiger partial charge in [0, 0.05) is 12.6 Å². The van der Waals surface area contributed by atoms with Crippen molar-refractivity contribution in [2.45, 2.75) is 13.3 Å². The van der Waals surface area contributed by atoms with Crippen molar-refractivity contribution in [3.8, 4) is 0 Å². The molecule has 2 aromatic carbocycles. The lowest BCUT2D eigenvalue weighted by atomic mass is 10.1. The van der Waals surface area contributed by atoms with Gasteiger partial charge in [-0.1, -0.05) is 43.3 Å². The van der Waals surface area contributed by atoms with Gasteiger partial charge in [-0.2, -0.15) is 0 Å². The van der Waals surface area contributed by atoms with E-state index >= 15 is 0 Å². The van der Waals surface area contributed by atoms with E-state index in [0.717, 1.165) is 23.0 Å². The van der Waals surface area contributed by atoms with E-state index in [-0.39, 0.29) is 16.1 Å². The third kappa shape index (κ3) is 2.29. The number of amides is 3. The highest BCUT2D eigenvalue weighted by Gasteiger charge is 2.43. The van der Waals surface area contributed by atoms with Crippen molar-refractivity contribution in [1.82, 2.24) is 0 Å². The Morgan fingerprint density at radius 3 is 2.27 bits per heavy atom. The summed E-state index contributed by atoms with van der Waals surface area (Å²) >= 11 is 0.832. The molecule has 2 aliphatic rings. The maximum absolute atomic E-state index is 13.1. The summed E-state index contributed by atoms with van der Waals surface area (Å²) in [4.78, 5) is 41.3. The van der Waals surface area contributed by atoms with Gasteiger partial charge in [0.15, 0.2) is 0 Å². The van der Waals surface area contributed by atoms with Gasteiger partial charge in [0.2, 0.25) is 0 Å². The summed E-state index contributed by atoms with van der Waals surface area (Å²) < 4.78 is 0. The molecule has 0 spiro atoms. The van der Waals surface area contributed by atoms with Crippen LogP contribution in [0.4, 0.5) is 16.2 Å². The SMILES string of the molecule is CCc1ccccc1N1C(=O)S/C(=C2\C(=O)N(C)c3ccccc32)C1=O. The molecule has 0 aromatic heterocycles. The number of hydrogen-bond donors (Lipinski definition) is 0. The fourth-order valence-electron chi connectivity index (χ4n) is 3.34. The number of aryl methyl sites for hydroxylation is 1. The second kappa shape index (κ2) is 6.14. The summed E-state index contributed by atoms with van der Waals surface area (Å²) in [6.07, 6.45) is 0.703. The average Bonchev–Trinajstić information content (AvgIpc) is 3.08. The van der Waals surface area contributed by atoms with Crippen LogP contribution in [0.15, 0.2) is 53.4 Å². The minimum absolute atomic E-state index is 0.197. The van der Waals surface area contributed by atoms with Crippen LogP contribution in [-0.4, -0.2) is 24.1 Å². The molecule has 2 aliphatic heterocycles. The summed E-state index contributed by atoms with van der Waals surface area (Å²) in [6.45, 7) is 1.97. The number of nitrogens with zero attached hydrogens (tertiary/aromatic N) is 2. The van der Waals surface area contributed by atoms with Crippen molar-refractivity contribution in [2.75, 3.05) is 16.8 Å². The third-order valence-corrected chi connectivity index (χ3v) is 5.60. The van der Waals surface area contributed by atoms with Gasteiger partial charge >= 0.3 is 0 Å². The minimum atomic E-state index is -0.436. The zero-order chi connectivity index (χ0) is 18.4. The molecule has 0 radical (unpaired) electrons. The van der Waals surface area contributed by atoms with E-state index in [2.05, 4.69) is 0 Å². The highest BCUT2D eigenvalue weighted by Crippen LogP contribution is 2.45. The third-order valence-electron chi connectivity index (χ3n) is 4.66. The number of carbonyl (C=O) groups excluding carboxylic acids is 3. The van der Waals surface area contributed by atoms with Crippen molar-refractivity contribution < 1.29 is 14.4 Å². The van der Waals surface area contributed by atoms with E-state index in [0.29, 0.717) is 23.2 Å². The van der Waals surface area contributed by atoms with E-state index in [1.54, 1.807) is 25.2 Å². The number of rotatable bonds is 2. The number of imide groups is 1. The van der Waals surface area contributed by atoms with Crippen LogP contribution in [-0.2, 0) is 16.0 Å². The molecular formula is C20H16N2O3S. The second-order valence-electron chi connectivity index (χ2n) is 6.08. The number of likely N-dealkylation sites (N-methyl/N-ethyl adjacent to an activating group) is 1. The number of benzene rings is 2. The Morgan fingerprint density at radius 2 is 1.54 bits per heavy atom. The fourth-order valence-corrected chi connectivity index (χ4v) is 4.27. The molecule has 1 fully saturated rings. The van der Waals surface area contributed by atoms with Gasteiger partial charge in [0.1, 0.15) is 0 Å². The molecule has 2 aromatic rings. The second-order valence-corrected chi connectivity index (χ2v) is 7.04. The summed E-state index contributed by atoms with van der Waals surface area (Å²) in [5, 5.41) is -0.377. The van der Waals surface area contributed by atoms with Gasteiger partial charge in [0.25, 0.3) is 17.1 Å². The molecule has 0 N–H and O–H groups in total. The molecule has 0 unspecified atom stereocenters. The number of para-hydroxylation sites is 2. The Hall–Kier alpha value is -2.86. The Morgan fingerprint density at radius 1 is 0.885 bits per heavy atom. The first kappa shape index (κ1) is 16.6. The molecule has 0 atom stereocenters. The van der Waals surface area contributed by atoms with Crippen LogP contribution >= 0.6 is 11.8 Å². The van der Waals surface area contributed by atoms with Crippen LogP contribution in [0.5, 0.6) is 0 Å². The molecule has 6 heteroatoms. The van der Waals surface area contributed by atoms with Crippen molar-refractivity contribution in [3.63, 3.8) is 0 Å². The largest absolute Gasteiger partial charge is 0.311 e. The Kier molecular flexibility index (Phi) is 3.92. The molecule has 0 bridgehead atoms. The van der Waals surface area contributed by atoms with Crippen LogP contribution in [0.25, 0.3) is 5.57 Å². The summed E-state index contributed by atoms with van der Waals surface area (Å²) in [6, 6.07) is 14.6. The number of fused-ring (bicyclic) bond motifs is 1. The quantitative estimate of drug-likeness (QED) is 0.760. The van der Waals surface area contributed by atoms with E-state index in [9.17, 15) is 14.4 Å². The Balaban J connectivity index is 1.86. The molecular weight excluding hydrogens is 348 g/mol. The van der Waals surface area contributed by atoms with Crippen LogP contribution < -0.4 is 9.80 Å². The number of hydrogen-bond acceptors (Lipinski definition) is 4. The zero-order valence-corrected chi connectivity index (χ0v) is 15.2. The normalized spacial score (nSPS) is 19.5. The first-order valence-electron chi connectivity index (χ1n) is 8.30. The maximum atomic E-state index is 13.1. The summed E-state index contributed by atoms with van der Waals surface area (Å²) in [5.74, 6) is -0.699. The van der Waals surface area contributed by atoms with Gasteiger partial charge in [-0.05, 0) is 35.9 Å². The molecule has 5 nitrogen and oxygen atoms in total. The maximum Gasteiger partial charge on any atom is 0.298 e. The average molecular weight is 364 g/mol. The molecule has 26 heavy (non-hydrogen) atoms. The summed E-state index contributed by atoms with van der Waals surface area (Å²) in [7, 11) is 1.67. The van der Waals surface area contributed by atoms with Crippen LogP contribution in [0.2, 0.25) is 0 Å². The smallest absolute Gasteiger partial charge is 0.298 e. The predicted molar refractivity (Wildman–Crippen MR) is 103 cm³/mol. The predicted octanol–water partition coefficient (Wildman–Crippen LogP) is 3.84. The van der Waals surface area contributed by atoms with E-state index in [1.165, 1.54) is 9.80 Å². The molecule has 4 rings (SSSR count). The van der Waals surface area contributed by atoms with E-state index in [4.69, 9.17) is 0 Å². The molecule has 3 amide bonds. The molecule has 0 aliphatic carbocycles. The molecule has 0 saturated carbocycles. The van der Waals surface area contributed by atoms with Gasteiger partial charge in [-0.25, -0.2) is 4.90 Å². The standard InChI is InChI=1S/C20H16N2O3S/c1-3-12-8-4-6-10-14(12)22-19(24)17(26-20(22)25)16-13-9-5-7-11-15(13)21(2)18(16)23/h4-11H,3H2,1-2H3/b17-16-. The number of carbonyl (C=O) groups is 3. The highest BCUT2D eigenvalue weighted by atomic mass is 32.2. The Bertz CT molecular complexity index is 996. The van der Waals surface area contributed by atoms with Crippen molar-refractivity contribution in [3.05, 3.63) is 64.6 Å². The van der Waals surface area contributed by atoms with Crippen LogP contribution in [0.3, 0.4) is 0 Å². The van der Waals surface area contributed by atoms with Crippen molar-refractivity contribution >= 4 is 45.8 Å². The fraction of sp³-hybridized carbons (Fsp3) is 0.150. The lowest BCUT2D eigenvalue weighted by Gasteiger charge is -2.16. The lowest BCUT2D eigenvalue weighted by molar-refractivity contribution is -0.115. The highest BCUT2D eigenvalue weighted by molar-refractivity contribution is 8.19. The van der Waals surface area contributed by atoms with E-state index < -0.39 is 5.91 Å². The summed E-state index contributed by atoms with van der Waals surface area (Å²) in [5.41, 5.74) is 3.24. The molecule has 130 valence electrons. The number of anilines is 2. The number of thioether (sulfide) groups is 1.